The van der Waals surface area contributed by atoms with Crippen molar-refractivity contribution in [3.8, 4) is 11.1 Å². The minimum atomic E-state index is -4.26. The van der Waals surface area contributed by atoms with E-state index in [1.165, 1.54) is 12.1 Å². The number of piperazine rings is 1. The van der Waals surface area contributed by atoms with Crippen molar-refractivity contribution in [2.75, 3.05) is 31.1 Å². The highest BCUT2D eigenvalue weighted by atomic mass is 19.4. The molecule has 0 N–H and O–H groups in total. The third-order valence-electron chi connectivity index (χ3n) is 6.54. The fourth-order valence-electron chi connectivity index (χ4n) is 4.52. The van der Waals surface area contributed by atoms with E-state index in [1.54, 1.807) is 28.6 Å². The second-order valence-corrected chi connectivity index (χ2v) is 9.21. The van der Waals surface area contributed by atoms with Crippen LogP contribution in [0.1, 0.15) is 24.2 Å². The van der Waals surface area contributed by atoms with Crippen molar-refractivity contribution >= 4 is 17.3 Å². The SMILES string of the molecule is CC(OC(=O)N1CCN(c2cnn3cc(-c4cnn(C)c4)ccc23)CC1)c1ccc(CC(F)(F)F)cc1. The molecule has 0 aliphatic carbocycles. The summed E-state index contributed by atoms with van der Waals surface area (Å²) < 4.78 is 46.9. The summed E-state index contributed by atoms with van der Waals surface area (Å²) in [6.45, 7) is 3.94. The zero-order chi connectivity index (χ0) is 26.2. The quantitative estimate of drug-likeness (QED) is 0.382. The molecule has 0 bridgehead atoms. The Morgan fingerprint density at radius 1 is 0.973 bits per heavy atom. The van der Waals surface area contributed by atoms with E-state index in [0.717, 1.165) is 22.3 Å². The standard InChI is InChI=1S/C26H27F3N6O2/c1-18(20-5-3-19(4-6-20)13-26(27,28)29)37-25(36)34-11-9-33(10-12-34)24-15-31-35-17-21(7-8-23(24)35)22-14-30-32(2)16-22/h3-8,14-18H,9-13H2,1-2H3. The van der Waals surface area contributed by atoms with Crippen LogP contribution in [-0.2, 0) is 18.2 Å². The summed E-state index contributed by atoms with van der Waals surface area (Å²) in [5.41, 5.74) is 4.83. The number of benzene rings is 1. The lowest BCUT2D eigenvalue weighted by atomic mass is 10.1. The van der Waals surface area contributed by atoms with Crippen molar-refractivity contribution < 1.29 is 22.7 Å². The van der Waals surface area contributed by atoms with Gasteiger partial charge in [-0.05, 0) is 24.1 Å². The smallest absolute Gasteiger partial charge is 0.410 e. The molecular formula is C26H27F3N6O2. The van der Waals surface area contributed by atoms with Crippen LogP contribution in [0.4, 0.5) is 23.7 Å². The molecule has 5 rings (SSSR count). The average molecular weight is 513 g/mol. The van der Waals surface area contributed by atoms with Crippen LogP contribution in [0, 0.1) is 0 Å². The van der Waals surface area contributed by atoms with Crippen molar-refractivity contribution in [2.45, 2.75) is 25.6 Å². The molecule has 1 aromatic carbocycles. The molecule has 1 amide bonds. The van der Waals surface area contributed by atoms with Crippen LogP contribution in [-0.4, -0.2) is 62.7 Å². The highest BCUT2D eigenvalue weighted by molar-refractivity contribution is 5.76. The Kier molecular flexibility index (Phi) is 6.53. The molecule has 1 aliphatic rings. The summed E-state index contributed by atoms with van der Waals surface area (Å²) in [5.74, 6) is 0. The third-order valence-corrected chi connectivity index (χ3v) is 6.54. The predicted octanol–water partition coefficient (Wildman–Crippen LogP) is 4.86. The van der Waals surface area contributed by atoms with Gasteiger partial charge in [0.1, 0.15) is 6.10 Å². The van der Waals surface area contributed by atoms with Crippen LogP contribution in [0.2, 0.25) is 0 Å². The summed E-state index contributed by atoms with van der Waals surface area (Å²) in [4.78, 5) is 16.6. The van der Waals surface area contributed by atoms with Gasteiger partial charge in [0.2, 0.25) is 0 Å². The molecule has 8 nitrogen and oxygen atoms in total. The van der Waals surface area contributed by atoms with E-state index in [1.807, 2.05) is 48.5 Å². The van der Waals surface area contributed by atoms with Gasteiger partial charge < -0.3 is 14.5 Å². The average Bonchev–Trinajstić information content (AvgIpc) is 3.49. The summed E-state index contributed by atoms with van der Waals surface area (Å²) >= 11 is 0. The summed E-state index contributed by atoms with van der Waals surface area (Å²) in [6.07, 6.45) is 1.33. The molecule has 1 atom stereocenters. The Morgan fingerprint density at radius 2 is 1.70 bits per heavy atom. The lowest BCUT2D eigenvalue weighted by Gasteiger charge is -2.35. The molecule has 11 heteroatoms. The number of halogens is 3. The molecule has 1 fully saturated rings. The number of carbonyl (C=O) groups is 1. The van der Waals surface area contributed by atoms with Gasteiger partial charge in [-0.25, -0.2) is 9.31 Å². The normalized spacial score (nSPS) is 15.3. The number of aryl methyl sites for hydroxylation is 1. The van der Waals surface area contributed by atoms with Gasteiger partial charge in [-0.3, -0.25) is 4.68 Å². The number of fused-ring (bicyclic) bond motifs is 1. The molecule has 1 saturated heterocycles. The van der Waals surface area contributed by atoms with Gasteiger partial charge in [0.15, 0.2) is 0 Å². The number of rotatable bonds is 5. The Balaban J connectivity index is 1.17. The van der Waals surface area contributed by atoms with Crippen molar-refractivity contribution in [3.05, 3.63) is 72.3 Å². The second-order valence-electron chi connectivity index (χ2n) is 9.21. The lowest BCUT2D eigenvalue weighted by Crippen LogP contribution is -2.49. The van der Waals surface area contributed by atoms with Crippen LogP contribution in [0.3, 0.4) is 0 Å². The number of alkyl halides is 3. The maximum absolute atomic E-state index is 12.7. The molecule has 0 radical (unpaired) electrons. The fourth-order valence-corrected chi connectivity index (χ4v) is 4.52. The van der Waals surface area contributed by atoms with Crippen LogP contribution >= 0.6 is 0 Å². The molecule has 3 aromatic heterocycles. The molecule has 0 saturated carbocycles. The minimum Gasteiger partial charge on any atom is -0.442 e. The maximum atomic E-state index is 12.7. The molecule has 0 spiro atoms. The first-order valence-corrected chi connectivity index (χ1v) is 12.0. The maximum Gasteiger partial charge on any atom is 0.410 e. The highest BCUT2D eigenvalue weighted by Gasteiger charge is 2.28. The first kappa shape index (κ1) is 24.7. The molecule has 4 heterocycles. The van der Waals surface area contributed by atoms with Gasteiger partial charge in [-0.15, -0.1) is 0 Å². The first-order valence-electron chi connectivity index (χ1n) is 12.0. The number of pyridine rings is 1. The van der Waals surface area contributed by atoms with Crippen molar-refractivity contribution in [1.82, 2.24) is 24.3 Å². The molecule has 1 unspecified atom stereocenters. The van der Waals surface area contributed by atoms with Crippen LogP contribution in [0.25, 0.3) is 16.6 Å². The van der Waals surface area contributed by atoms with E-state index < -0.39 is 24.8 Å². The first-order chi connectivity index (χ1) is 17.7. The Bertz CT molecular complexity index is 1390. The number of anilines is 1. The Hall–Kier alpha value is -4.02. The topological polar surface area (TPSA) is 67.9 Å². The zero-order valence-corrected chi connectivity index (χ0v) is 20.5. The van der Waals surface area contributed by atoms with Gasteiger partial charge in [0.25, 0.3) is 0 Å². The molecule has 1 aliphatic heterocycles. The predicted molar refractivity (Wildman–Crippen MR) is 132 cm³/mol. The summed E-state index contributed by atoms with van der Waals surface area (Å²) in [6, 6.07) is 10.1. The van der Waals surface area contributed by atoms with E-state index in [4.69, 9.17) is 4.74 Å². The monoisotopic (exact) mass is 512 g/mol. The number of nitrogens with zero attached hydrogens (tertiary/aromatic N) is 6. The molecule has 194 valence electrons. The summed E-state index contributed by atoms with van der Waals surface area (Å²) in [5, 5.41) is 8.74. The Morgan fingerprint density at radius 3 is 2.35 bits per heavy atom. The van der Waals surface area contributed by atoms with Gasteiger partial charge >= 0.3 is 12.3 Å². The van der Waals surface area contributed by atoms with Gasteiger partial charge in [-0.1, -0.05) is 30.3 Å². The zero-order valence-electron chi connectivity index (χ0n) is 20.5. The number of aromatic nitrogens is 4. The van der Waals surface area contributed by atoms with Gasteiger partial charge in [0.05, 0.1) is 30.0 Å². The van der Waals surface area contributed by atoms with E-state index in [9.17, 15) is 18.0 Å². The van der Waals surface area contributed by atoms with Gasteiger partial charge in [0, 0.05) is 56.7 Å². The van der Waals surface area contributed by atoms with Gasteiger partial charge in [-0.2, -0.15) is 23.4 Å². The van der Waals surface area contributed by atoms with Crippen molar-refractivity contribution in [1.29, 1.82) is 0 Å². The molecule has 4 aromatic rings. The van der Waals surface area contributed by atoms with Crippen LogP contribution in [0.5, 0.6) is 0 Å². The van der Waals surface area contributed by atoms with E-state index in [-0.39, 0.29) is 5.56 Å². The van der Waals surface area contributed by atoms with E-state index in [0.29, 0.717) is 31.7 Å². The van der Waals surface area contributed by atoms with Crippen molar-refractivity contribution in [3.63, 3.8) is 0 Å². The highest BCUT2D eigenvalue weighted by Crippen LogP contribution is 2.27. The minimum absolute atomic E-state index is 0.173. The number of hydrogen-bond acceptors (Lipinski definition) is 5. The lowest BCUT2D eigenvalue weighted by molar-refractivity contribution is -0.127. The van der Waals surface area contributed by atoms with Crippen molar-refractivity contribution in [2.24, 2.45) is 7.05 Å². The second kappa shape index (κ2) is 9.79. The van der Waals surface area contributed by atoms with E-state index >= 15 is 0 Å². The fraction of sp³-hybridized carbons (Fsp3) is 0.346. The van der Waals surface area contributed by atoms with Crippen LogP contribution < -0.4 is 4.90 Å². The molecular weight excluding hydrogens is 485 g/mol. The number of carbonyl (C=O) groups excluding carboxylic acids is 1. The van der Waals surface area contributed by atoms with E-state index in [2.05, 4.69) is 15.1 Å². The number of ether oxygens (including phenoxy) is 1. The third kappa shape index (κ3) is 5.55. The Labute approximate surface area is 211 Å². The number of hydrogen-bond donors (Lipinski definition) is 0. The largest absolute Gasteiger partial charge is 0.442 e. The summed E-state index contributed by atoms with van der Waals surface area (Å²) in [7, 11) is 1.88. The number of amides is 1. The van der Waals surface area contributed by atoms with Crippen LogP contribution in [0.15, 0.2) is 61.2 Å². The molecule has 37 heavy (non-hydrogen) atoms.